The molecular weight excluding hydrogens is 403 g/mol. The van der Waals surface area contributed by atoms with Gasteiger partial charge in [0.2, 0.25) is 0 Å². The highest BCUT2D eigenvalue weighted by Gasteiger charge is 2.26. The van der Waals surface area contributed by atoms with E-state index in [1.165, 1.54) is 0 Å². The first-order valence-electron chi connectivity index (χ1n) is 7.09. The summed E-state index contributed by atoms with van der Waals surface area (Å²) in [5.41, 5.74) is -0.273. The van der Waals surface area contributed by atoms with Crippen molar-refractivity contribution in [3.05, 3.63) is 69.4 Å². The van der Waals surface area contributed by atoms with Crippen LogP contribution in [0.1, 0.15) is 15.9 Å². The molecule has 0 saturated carbocycles. The fourth-order valence-electron chi connectivity index (χ4n) is 2.18. The summed E-state index contributed by atoms with van der Waals surface area (Å²) in [7, 11) is 1.13. The number of benzene rings is 2. The number of carbonyl (C=O) groups excluding carboxylic acids is 2. The van der Waals surface area contributed by atoms with Crippen molar-refractivity contribution in [2.75, 3.05) is 7.11 Å². The van der Waals surface area contributed by atoms with Gasteiger partial charge in [-0.15, -0.1) is 0 Å². The molecule has 0 aliphatic carbocycles. The molecule has 0 unspecified atom stereocenters. The van der Waals surface area contributed by atoms with Crippen LogP contribution in [0.5, 0.6) is 0 Å². The maximum atomic E-state index is 13.7. The molecule has 25 heavy (non-hydrogen) atoms. The minimum atomic E-state index is -1.36. The first-order valence-corrected chi connectivity index (χ1v) is 7.88. The van der Waals surface area contributed by atoms with Gasteiger partial charge in [-0.1, -0.05) is 28.1 Å². The third kappa shape index (κ3) is 4.82. The summed E-state index contributed by atoms with van der Waals surface area (Å²) in [5, 5.41) is 2.22. The van der Waals surface area contributed by atoms with E-state index < -0.39 is 40.9 Å². The van der Waals surface area contributed by atoms with Gasteiger partial charge in [0.15, 0.2) is 0 Å². The number of nitrogens with one attached hydrogen (secondary N) is 1. The van der Waals surface area contributed by atoms with Gasteiger partial charge in [0.05, 0.1) is 7.11 Å². The highest BCUT2D eigenvalue weighted by atomic mass is 79.9. The van der Waals surface area contributed by atoms with Gasteiger partial charge in [0, 0.05) is 23.0 Å². The summed E-state index contributed by atoms with van der Waals surface area (Å²) in [6, 6.07) is 6.52. The Labute approximate surface area is 150 Å². The summed E-state index contributed by atoms with van der Waals surface area (Å²) >= 11 is 3.27. The van der Waals surface area contributed by atoms with Gasteiger partial charge >= 0.3 is 5.97 Å². The van der Waals surface area contributed by atoms with Crippen LogP contribution in [0.3, 0.4) is 0 Å². The van der Waals surface area contributed by atoms with E-state index in [9.17, 15) is 22.8 Å². The zero-order valence-electron chi connectivity index (χ0n) is 13.0. The molecule has 0 radical (unpaired) electrons. The summed E-state index contributed by atoms with van der Waals surface area (Å²) < 4.78 is 45.8. The Morgan fingerprint density at radius 1 is 1.12 bits per heavy atom. The second kappa shape index (κ2) is 8.15. The van der Waals surface area contributed by atoms with Crippen LogP contribution in [0.15, 0.2) is 40.9 Å². The summed E-state index contributed by atoms with van der Waals surface area (Å²) in [4.78, 5) is 24.0. The van der Waals surface area contributed by atoms with Crippen molar-refractivity contribution in [1.29, 1.82) is 0 Å². The molecule has 0 spiro atoms. The minimum Gasteiger partial charge on any atom is -0.467 e. The van der Waals surface area contributed by atoms with Crippen molar-refractivity contribution in [3.63, 3.8) is 0 Å². The topological polar surface area (TPSA) is 55.4 Å². The Morgan fingerprint density at radius 3 is 2.20 bits per heavy atom. The maximum absolute atomic E-state index is 13.7. The van der Waals surface area contributed by atoms with Crippen molar-refractivity contribution in [2.24, 2.45) is 0 Å². The lowest BCUT2D eigenvalue weighted by Crippen LogP contribution is -2.43. The van der Waals surface area contributed by atoms with Crippen molar-refractivity contribution in [1.82, 2.24) is 5.32 Å². The molecule has 1 amide bonds. The Morgan fingerprint density at radius 2 is 1.68 bits per heavy atom. The van der Waals surface area contributed by atoms with Gasteiger partial charge < -0.3 is 10.1 Å². The number of halogens is 4. The Bertz CT molecular complexity index is 773. The van der Waals surface area contributed by atoms with Crippen LogP contribution < -0.4 is 5.32 Å². The Hall–Kier alpha value is -2.35. The molecule has 0 aromatic heterocycles. The number of esters is 1. The second-order valence-electron chi connectivity index (χ2n) is 5.12. The van der Waals surface area contributed by atoms with Gasteiger partial charge in [-0.3, -0.25) is 4.79 Å². The number of ether oxygens (including phenoxy) is 1. The number of hydrogen-bond acceptors (Lipinski definition) is 3. The van der Waals surface area contributed by atoms with Gasteiger partial charge in [0.25, 0.3) is 5.91 Å². The van der Waals surface area contributed by atoms with Gasteiger partial charge in [0.1, 0.15) is 29.1 Å². The number of amides is 1. The van der Waals surface area contributed by atoms with E-state index in [-0.39, 0.29) is 6.42 Å². The normalized spacial score (nSPS) is 11.7. The molecule has 8 heteroatoms. The van der Waals surface area contributed by atoms with Crippen LogP contribution in [-0.2, 0) is 16.0 Å². The zero-order chi connectivity index (χ0) is 18.6. The minimum absolute atomic E-state index is 0.0517. The molecule has 0 bridgehead atoms. The smallest absolute Gasteiger partial charge is 0.328 e. The fraction of sp³-hybridized carbons (Fsp3) is 0.176. The second-order valence-corrected chi connectivity index (χ2v) is 6.04. The first-order chi connectivity index (χ1) is 11.8. The fourth-order valence-corrected chi connectivity index (χ4v) is 2.45. The van der Waals surface area contributed by atoms with E-state index in [1.54, 1.807) is 24.3 Å². The van der Waals surface area contributed by atoms with Crippen LogP contribution in [0.4, 0.5) is 13.2 Å². The van der Waals surface area contributed by atoms with Crippen molar-refractivity contribution >= 4 is 27.8 Å². The molecular formula is C17H13BrF3NO3. The lowest BCUT2D eigenvalue weighted by molar-refractivity contribution is -0.142. The van der Waals surface area contributed by atoms with Crippen LogP contribution in [0, 0.1) is 17.5 Å². The molecule has 0 aliphatic heterocycles. The molecule has 0 fully saturated rings. The van der Waals surface area contributed by atoms with E-state index in [1.807, 2.05) is 0 Å². The van der Waals surface area contributed by atoms with Gasteiger partial charge in [-0.05, 0) is 17.7 Å². The van der Waals surface area contributed by atoms with Crippen LogP contribution in [0.25, 0.3) is 0 Å². The van der Waals surface area contributed by atoms with Crippen LogP contribution >= 0.6 is 15.9 Å². The summed E-state index contributed by atoms with van der Waals surface area (Å²) in [5.74, 6) is -5.82. The molecule has 1 atom stereocenters. The van der Waals surface area contributed by atoms with Crippen LogP contribution in [0.2, 0.25) is 0 Å². The molecule has 2 aromatic carbocycles. The monoisotopic (exact) mass is 415 g/mol. The lowest BCUT2D eigenvalue weighted by Gasteiger charge is -2.17. The van der Waals surface area contributed by atoms with Crippen molar-refractivity contribution in [3.8, 4) is 0 Å². The van der Waals surface area contributed by atoms with E-state index in [0.29, 0.717) is 17.7 Å². The number of hydrogen-bond donors (Lipinski definition) is 1. The molecule has 0 aliphatic rings. The third-order valence-electron chi connectivity index (χ3n) is 3.38. The predicted molar refractivity (Wildman–Crippen MR) is 87.4 cm³/mol. The number of carbonyl (C=O) groups is 2. The quantitative estimate of drug-likeness (QED) is 0.761. The van der Waals surface area contributed by atoms with Gasteiger partial charge in [-0.25, -0.2) is 18.0 Å². The predicted octanol–water partition coefficient (Wildman–Crippen LogP) is 3.38. The average Bonchev–Trinajstić information content (AvgIpc) is 2.54. The van der Waals surface area contributed by atoms with E-state index in [4.69, 9.17) is 0 Å². The summed E-state index contributed by atoms with van der Waals surface area (Å²) in [6.45, 7) is 0. The zero-order valence-corrected chi connectivity index (χ0v) is 14.6. The molecule has 2 rings (SSSR count). The van der Waals surface area contributed by atoms with Crippen molar-refractivity contribution in [2.45, 2.75) is 12.5 Å². The maximum Gasteiger partial charge on any atom is 0.328 e. The number of methoxy groups -OCH3 is 1. The molecule has 2 aromatic rings. The summed E-state index contributed by atoms with van der Waals surface area (Å²) in [6.07, 6.45) is 0.0517. The largest absolute Gasteiger partial charge is 0.467 e. The standard InChI is InChI=1S/C17H13BrF3NO3/c1-25-17(24)14(6-9-2-4-10(18)5-3-9)22-16(23)15-12(20)7-11(19)8-13(15)21/h2-5,7-8,14H,6H2,1H3,(H,22,23)/t14-/m1/s1. The van der Waals surface area contributed by atoms with E-state index in [2.05, 4.69) is 26.0 Å². The third-order valence-corrected chi connectivity index (χ3v) is 3.91. The Balaban J connectivity index is 2.23. The molecule has 132 valence electrons. The first kappa shape index (κ1) is 19.0. The molecule has 0 saturated heterocycles. The Kier molecular flexibility index (Phi) is 6.19. The molecule has 4 nitrogen and oxygen atoms in total. The van der Waals surface area contributed by atoms with E-state index in [0.717, 1.165) is 11.6 Å². The molecule has 0 heterocycles. The average molecular weight is 416 g/mol. The lowest BCUT2D eigenvalue weighted by atomic mass is 10.1. The highest BCUT2D eigenvalue weighted by molar-refractivity contribution is 9.10. The number of rotatable bonds is 5. The molecule has 1 N–H and O–H groups in total. The van der Waals surface area contributed by atoms with Gasteiger partial charge in [-0.2, -0.15) is 0 Å². The SMILES string of the molecule is COC(=O)[C@@H](Cc1ccc(Br)cc1)NC(=O)c1c(F)cc(F)cc1F. The van der Waals surface area contributed by atoms with Crippen molar-refractivity contribution < 1.29 is 27.5 Å². The van der Waals surface area contributed by atoms with Crippen LogP contribution in [-0.4, -0.2) is 25.0 Å². The highest BCUT2D eigenvalue weighted by Crippen LogP contribution is 2.16. The van der Waals surface area contributed by atoms with E-state index >= 15 is 0 Å².